The van der Waals surface area contributed by atoms with Crippen LogP contribution in [0.1, 0.15) is 22.2 Å². The third-order valence-corrected chi connectivity index (χ3v) is 5.40. The van der Waals surface area contributed by atoms with Gasteiger partial charge in [-0.2, -0.15) is 0 Å². The highest BCUT2D eigenvalue weighted by molar-refractivity contribution is 7.12. The number of rotatable bonds is 4. The molecule has 5 heteroatoms. The number of anilines is 2. The molecule has 1 N–H and O–H groups in total. The maximum absolute atomic E-state index is 12.5. The molecule has 1 aromatic carbocycles. The van der Waals surface area contributed by atoms with Crippen LogP contribution in [-0.2, 0) is 0 Å². The molecule has 3 rings (SSSR count). The van der Waals surface area contributed by atoms with Gasteiger partial charge in [-0.05, 0) is 42.6 Å². The Morgan fingerprint density at radius 3 is 2.57 bits per heavy atom. The van der Waals surface area contributed by atoms with Gasteiger partial charge in [0.1, 0.15) is 0 Å². The van der Waals surface area contributed by atoms with E-state index in [1.54, 1.807) is 0 Å². The predicted octanol–water partition coefficient (Wildman–Crippen LogP) is 3.45. The Hall–Kier alpha value is -1.85. The minimum atomic E-state index is -0.0165. The first-order valence-electron chi connectivity index (χ1n) is 8.11. The zero-order chi connectivity index (χ0) is 16.2. The first kappa shape index (κ1) is 16.0. The zero-order valence-electron chi connectivity index (χ0n) is 13.7. The number of amides is 1. The molecule has 1 amide bonds. The highest BCUT2D eigenvalue weighted by Crippen LogP contribution is 2.28. The van der Waals surface area contributed by atoms with Crippen LogP contribution >= 0.6 is 11.3 Å². The van der Waals surface area contributed by atoms with Gasteiger partial charge >= 0.3 is 0 Å². The summed E-state index contributed by atoms with van der Waals surface area (Å²) in [6.07, 6.45) is 0. The molecule has 1 aliphatic heterocycles. The Kier molecular flexibility index (Phi) is 4.98. The number of carbonyl (C=O) groups is 1. The molecule has 122 valence electrons. The predicted molar refractivity (Wildman–Crippen MR) is 97.8 cm³/mol. The fourth-order valence-electron chi connectivity index (χ4n) is 2.94. The SMILES string of the molecule is CCN1CCN(c2ccccc2NC(=O)c2sccc2C)CC1. The highest BCUT2D eigenvalue weighted by Gasteiger charge is 2.19. The summed E-state index contributed by atoms with van der Waals surface area (Å²) < 4.78 is 0. The lowest BCUT2D eigenvalue weighted by atomic mass is 10.2. The molecule has 2 aromatic rings. The van der Waals surface area contributed by atoms with Crippen molar-refractivity contribution in [2.75, 3.05) is 42.9 Å². The van der Waals surface area contributed by atoms with Crippen LogP contribution < -0.4 is 10.2 Å². The number of hydrogen-bond acceptors (Lipinski definition) is 4. The number of thiophene rings is 1. The van der Waals surface area contributed by atoms with E-state index in [1.165, 1.54) is 11.3 Å². The molecule has 2 heterocycles. The molecule has 0 aliphatic carbocycles. The normalized spacial score (nSPS) is 15.7. The van der Waals surface area contributed by atoms with Crippen LogP contribution in [0.15, 0.2) is 35.7 Å². The monoisotopic (exact) mass is 329 g/mol. The fourth-order valence-corrected chi connectivity index (χ4v) is 3.76. The number of likely N-dealkylation sites (N-methyl/N-ethyl adjacent to an activating group) is 1. The van der Waals surface area contributed by atoms with Gasteiger partial charge in [0, 0.05) is 26.2 Å². The number of piperazine rings is 1. The van der Waals surface area contributed by atoms with Crippen molar-refractivity contribution >= 4 is 28.6 Å². The van der Waals surface area contributed by atoms with E-state index in [1.807, 2.05) is 36.6 Å². The second-order valence-corrected chi connectivity index (χ2v) is 6.74. The molecule has 0 spiro atoms. The summed E-state index contributed by atoms with van der Waals surface area (Å²) in [6.45, 7) is 9.42. The molecule has 0 radical (unpaired) electrons. The summed E-state index contributed by atoms with van der Waals surface area (Å²) in [5, 5.41) is 5.05. The van der Waals surface area contributed by atoms with Crippen molar-refractivity contribution in [3.63, 3.8) is 0 Å². The van der Waals surface area contributed by atoms with Gasteiger partial charge in [-0.1, -0.05) is 19.1 Å². The van der Waals surface area contributed by atoms with Crippen molar-refractivity contribution in [2.45, 2.75) is 13.8 Å². The average Bonchev–Trinajstić information content (AvgIpc) is 3.02. The molecule has 23 heavy (non-hydrogen) atoms. The van der Waals surface area contributed by atoms with Crippen LogP contribution in [0.5, 0.6) is 0 Å². The fraction of sp³-hybridized carbons (Fsp3) is 0.389. The number of nitrogens with one attached hydrogen (secondary N) is 1. The average molecular weight is 329 g/mol. The van der Waals surface area contributed by atoms with Crippen molar-refractivity contribution in [2.24, 2.45) is 0 Å². The number of aryl methyl sites for hydroxylation is 1. The van der Waals surface area contributed by atoms with E-state index in [2.05, 4.69) is 28.1 Å². The summed E-state index contributed by atoms with van der Waals surface area (Å²) in [6, 6.07) is 10.1. The Balaban J connectivity index is 1.76. The van der Waals surface area contributed by atoms with Crippen LogP contribution in [0.2, 0.25) is 0 Å². The Labute approximate surface area is 141 Å². The van der Waals surface area contributed by atoms with Gasteiger partial charge in [0.15, 0.2) is 0 Å². The molecular formula is C18H23N3OS. The smallest absolute Gasteiger partial charge is 0.266 e. The number of nitrogens with zero attached hydrogens (tertiary/aromatic N) is 2. The van der Waals surface area contributed by atoms with Crippen LogP contribution in [0.3, 0.4) is 0 Å². The molecule has 0 saturated carbocycles. The molecule has 1 fully saturated rings. The van der Waals surface area contributed by atoms with Crippen molar-refractivity contribution in [1.82, 2.24) is 4.90 Å². The van der Waals surface area contributed by atoms with Gasteiger partial charge in [-0.25, -0.2) is 0 Å². The summed E-state index contributed by atoms with van der Waals surface area (Å²) in [5.74, 6) is -0.0165. The van der Waals surface area contributed by atoms with E-state index in [9.17, 15) is 4.79 Å². The van der Waals surface area contributed by atoms with Crippen LogP contribution in [0, 0.1) is 6.92 Å². The highest BCUT2D eigenvalue weighted by atomic mass is 32.1. The third-order valence-electron chi connectivity index (χ3n) is 4.38. The van der Waals surface area contributed by atoms with Gasteiger partial charge in [-0.3, -0.25) is 4.79 Å². The molecule has 1 aromatic heterocycles. The van der Waals surface area contributed by atoms with E-state index >= 15 is 0 Å². The van der Waals surface area contributed by atoms with Crippen molar-refractivity contribution in [1.29, 1.82) is 0 Å². The minimum Gasteiger partial charge on any atom is -0.367 e. The molecular weight excluding hydrogens is 306 g/mol. The zero-order valence-corrected chi connectivity index (χ0v) is 14.5. The first-order valence-corrected chi connectivity index (χ1v) is 8.98. The van der Waals surface area contributed by atoms with E-state index < -0.39 is 0 Å². The van der Waals surface area contributed by atoms with E-state index in [4.69, 9.17) is 0 Å². The minimum absolute atomic E-state index is 0.0165. The molecule has 1 aliphatic rings. The van der Waals surface area contributed by atoms with Gasteiger partial charge in [0.25, 0.3) is 5.91 Å². The molecule has 4 nitrogen and oxygen atoms in total. The maximum atomic E-state index is 12.5. The summed E-state index contributed by atoms with van der Waals surface area (Å²) >= 11 is 1.49. The van der Waals surface area contributed by atoms with Crippen molar-refractivity contribution < 1.29 is 4.79 Å². The second-order valence-electron chi connectivity index (χ2n) is 5.83. The lowest BCUT2D eigenvalue weighted by Gasteiger charge is -2.36. The standard InChI is InChI=1S/C18H23N3OS/c1-3-20-9-11-21(12-10-20)16-7-5-4-6-15(16)19-18(22)17-14(2)8-13-23-17/h4-8,13H,3,9-12H2,1-2H3,(H,19,22). The number of hydrogen-bond donors (Lipinski definition) is 1. The Morgan fingerprint density at radius 1 is 1.17 bits per heavy atom. The summed E-state index contributed by atoms with van der Waals surface area (Å²) in [5.41, 5.74) is 3.04. The van der Waals surface area contributed by atoms with E-state index in [-0.39, 0.29) is 5.91 Å². The van der Waals surface area contributed by atoms with Gasteiger partial charge < -0.3 is 15.1 Å². The van der Waals surface area contributed by atoms with Gasteiger partial charge in [0.2, 0.25) is 0 Å². The van der Waals surface area contributed by atoms with Crippen LogP contribution in [-0.4, -0.2) is 43.5 Å². The molecule has 1 saturated heterocycles. The van der Waals surface area contributed by atoms with E-state index in [0.29, 0.717) is 0 Å². The van der Waals surface area contributed by atoms with E-state index in [0.717, 1.165) is 54.5 Å². The number of benzene rings is 1. The molecule has 0 bridgehead atoms. The summed E-state index contributed by atoms with van der Waals surface area (Å²) in [4.78, 5) is 18.1. The van der Waals surface area contributed by atoms with Crippen LogP contribution in [0.4, 0.5) is 11.4 Å². The lowest BCUT2D eigenvalue weighted by Crippen LogP contribution is -2.46. The second kappa shape index (κ2) is 7.15. The Morgan fingerprint density at radius 2 is 1.91 bits per heavy atom. The van der Waals surface area contributed by atoms with Crippen LogP contribution in [0.25, 0.3) is 0 Å². The Bertz CT molecular complexity index is 674. The number of para-hydroxylation sites is 2. The topological polar surface area (TPSA) is 35.6 Å². The van der Waals surface area contributed by atoms with Gasteiger partial charge in [-0.15, -0.1) is 11.3 Å². The number of carbonyl (C=O) groups excluding carboxylic acids is 1. The first-order chi connectivity index (χ1) is 11.2. The summed E-state index contributed by atoms with van der Waals surface area (Å²) in [7, 11) is 0. The molecule has 0 unspecified atom stereocenters. The van der Waals surface area contributed by atoms with Crippen molar-refractivity contribution in [3.05, 3.63) is 46.2 Å². The molecule has 0 atom stereocenters. The quantitative estimate of drug-likeness (QED) is 0.933. The maximum Gasteiger partial charge on any atom is 0.266 e. The largest absolute Gasteiger partial charge is 0.367 e. The van der Waals surface area contributed by atoms with Crippen molar-refractivity contribution in [3.8, 4) is 0 Å². The lowest BCUT2D eigenvalue weighted by molar-refractivity contribution is 0.103. The van der Waals surface area contributed by atoms with Gasteiger partial charge in [0.05, 0.1) is 16.3 Å². The third kappa shape index (κ3) is 3.57.